The Kier molecular flexibility index (Phi) is 6.20. The number of benzene rings is 8. The van der Waals surface area contributed by atoms with Crippen LogP contribution in [0.25, 0.3) is 82.8 Å². The maximum absolute atomic E-state index is 6.82. The first-order valence-electron chi connectivity index (χ1n) is 19.1. The van der Waals surface area contributed by atoms with E-state index < -0.39 is 0 Å². The second kappa shape index (κ2) is 11.1. The Bertz CT molecular complexity index is 3220. The minimum absolute atomic E-state index is 0.219. The monoisotopic (exact) mass is 701 g/mol. The summed E-state index contributed by atoms with van der Waals surface area (Å²) < 4.78 is 9.23. The third kappa shape index (κ3) is 4.28. The third-order valence-corrected chi connectivity index (χ3v) is 12.2. The van der Waals surface area contributed by atoms with E-state index in [1.807, 2.05) is 0 Å². The summed E-state index contributed by atoms with van der Waals surface area (Å²) in [5.41, 5.74) is 18.5. The zero-order valence-electron chi connectivity index (χ0n) is 30.5. The molecule has 0 spiro atoms. The SMILES string of the molecule is CC1(C)c2ccccc2-c2c1cc1c(c2-c2cc3ccccc3cc2Nc2ccc(-c3ccccc3)cc2)[B]c2cccc3c4c5ccccc5oc4n-1c23. The number of rotatable bonds is 4. The lowest BCUT2D eigenvalue weighted by Crippen LogP contribution is -2.38. The van der Waals surface area contributed by atoms with Gasteiger partial charge in [0.25, 0.3) is 0 Å². The highest BCUT2D eigenvalue weighted by atomic mass is 16.3. The van der Waals surface area contributed by atoms with Crippen LogP contribution in [0.4, 0.5) is 11.4 Å². The smallest absolute Gasteiger partial charge is 0.213 e. The van der Waals surface area contributed by atoms with Gasteiger partial charge in [-0.15, -0.1) is 0 Å². The minimum Gasteiger partial charge on any atom is -0.439 e. The van der Waals surface area contributed by atoms with Crippen LogP contribution in [0.15, 0.2) is 168 Å². The Morgan fingerprint density at radius 2 is 1.29 bits per heavy atom. The molecule has 0 bridgehead atoms. The zero-order chi connectivity index (χ0) is 36.4. The third-order valence-electron chi connectivity index (χ3n) is 12.2. The molecule has 1 N–H and O–H groups in total. The molecule has 1 aliphatic carbocycles. The van der Waals surface area contributed by atoms with E-state index in [4.69, 9.17) is 4.42 Å². The molecule has 1 radical (unpaired) electrons. The molecule has 0 saturated carbocycles. The van der Waals surface area contributed by atoms with E-state index in [1.165, 1.54) is 82.5 Å². The van der Waals surface area contributed by atoms with Crippen LogP contribution in [0.5, 0.6) is 0 Å². The molecule has 3 heterocycles. The van der Waals surface area contributed by atoms with Crippen LogP contribution < -0.4 is 16.2 Å². The summed E-state index contributed by atoms with van der Waals surface area (Å²) in [6, 6.07) is 59.4. The van der Waals surface area contributed by atoms with Crippen molar-refractivity contribution in [2.45, 2.75) is 19.3 Å². The Hall–Kier alpha value is -6.78. The van der Waals surface area contributed by atoms with Gasteiger partial charge in [-0.1, -0.05) is 147 Å². The Labute approximate surface area is 319 Å². The first kappa shape index (κ1) is 30.7. The van der Waals surface area contributed by atoms with Gasteiger partial charge in [-0.2, -0.15) is 0 Å². The predicted molar refractivity (Wildman–Crippen MR) is 231 cm³/mol. The number of para-hydroxylation sites is 2. The highest BCUT2D eigenvalue weighted by Crippen LogP contribution is 2.54. The number of anilines is 2. The van der Waals surface area contributed by atoms with Crippen molar-refractivity contribution in [2.75, 3.05) is 5.32 Å². The lowest BCUT2D eigenvalue weighted by atomic mass is 9.58. The highest BCUT2D eigenvalue weighted by molar-refractivity contribution is 6.73. The van der Waals surface area contributed by atoms with Crippen LogP contribution in [-0.4, -0.2) is 11.8 Å². The molecule has 4 heteroatoms. The Morgan fingerprint density at radius 1 is 0.582 bits per heavy atom. The molecule has 2 aliphatic rings. The number of nitrogens with one attached hydrogen (secondary N) is 1. The molecule has 10 aromatic rings. The second-order valence-electron chi connectivity index (χ2n) is 15.6. The lowest BCUT2D eigenvalue weighted by molar-refractivity contribution is 0.643. The van der Waals surface area contributed by atoms with E-state index in [0.29, 0.717) is 0 Å². The summed E-state index contributed by atoms with van der Waals surface area (Å²) in [6.45, 7) is 4.76. The van der Waals surface area contributed by atoms with E-state index in [-0.39, 0.29) is 5.41 Å². The minimum atomic E-state index is -0.219. The molecule has 2 aromatic heterocycles. The maximum atomic E-state index is 6.82. The largest absolute Gasteiger partial charge is 0.439 e. The topological polar surface area (TPSA) is 30.1 Å². The van der Waals surface area contributed by atoms with Gasteiger partial charge in [-0.05, 0) is 91.6 Å². The molecule has 0 amide bonds. The van der Waals surface area contributed by atoms with E-state index in [2.05, 4.69) is 195 Å². The number of aromatic nitrogens is 1. The summed E-state index contributed by atoms with van der Waals surface area (Å²) in [6.07, 6.45) is 0. The van der Waals surface area contributed by atoms with Crippen molar-refractivity contribution >= 4 is 73.3 Å². The van der Waals surface area contributed by atoms with E-state index >= 15 is 0 Å². The van der Waals surface area contributed by atoms with Gasteiger partial charge in [-0.3, -0.25) is 4.57 Å². The fourth-order valence-corrected chi connectivity index (χ4v) is 9.61. The molecule has 0 unspecified atom stereocenters. The van der Waals surface area contributed by atoms with E-state index in [1.54, 1.807) is 0 Å². The Morgan fingerprint density at radius 3 is 2.15 bits per heavy atom. The normalized spacial score (nSPS) is 13.6. The first-order chi connectivity index (χ1) is 27.0. The lowest BCUT2D eigenvalue weighted by Gasteiger charge is -2.29. The van der Waals surface area contributed by atoms with Crippen molar-refractivity contribution in [1.29, 1.82) is 0 Å². The number of hydrogen-bond acceptors (Lipinski definition) is 2. The predicted octanol–water partition coefficient (Wildman–Crippen LogP) is 12.0. The molecule has 1 aliphatic heterocycles. The van der Waals surface area contributed by atoms with Crippen molar-refractivity contribution in [3.05, 3.63) is 175 Å². The highest BCUT2D eigenvalue weighted by Gasteiger charge is 2.40. The maximum Gasteiger partial charge on any atom is 0.213 e. The van der Waals surface area contributed by atoms with Gasteiger partial charge >= 0.3 is 0 Å². The fraction of sp³-hybridized carbons (Fsp3) is 0.0588. The molecular formula is C51H34BN2O. The van der Waals surface area contributed by atoms with Gasteiger partial charge < -0.3 is 9.73 Å². The molecule has 3 nitrogen and oxygen atoms in total. The molecule has 0 saturated heterocycles. The molecule has 257 valence electrons. The second-order valence-corrected chi connectivity index (χ2v) is 15.6. The van der Waals surface area contributed by atoms with Crippen molar-refractivity contribution in [3.63, 3.8) is 0 Å². The molecule has 8 aromatic carbocycles. The molecule has 12 rings (SSSR count). The van der Waals surface area contributed by atoms with Crippen LogP contribution in [-0.2, 0) is 5.41 Å². The van der Waals surface area contributed by atoms with Gasteiger partial charge in [0, 0.05) is 38.8 Å². The summed E-state index contributed by atoms with van der Waals surface area (Å²) in [5.74, 6) is 0. The van der Waals surface area contributed by atoms with E-state index in [0.717, 1.165) is 33.7 Å². The van der Waals surface area contributed by atoms with Crippen LogP contribution in [0.1, 0.15) is 25.0 Å². The average molecular weight is 702 g/mol. The number of fused-ring (bicyclic) bond motifs is 11. The standard InChI is InChI=1S/C51H34BN2O/c1-51(2)39-20-10-8-17-35(39)46-40(51)29-43-48(52-41-21-12-19-37-45-36-18-9-11-22-44(36)55-50(45)54(43)49(37)41)47(46)38-27-32-15-6-7-16-33(32)28-42(38)53-34-25-23-31(24-26-34)30-13-4-3-5-14-30/h3-29,53H,1-2H3. The van der Waals surface area contributed by atoms with Crippen LogP contribution in [0.3, 0.4) is 0 Å². The van der Waals surface area contributed by atoms with Crippen LogP contribution >= 0.6 is 0 Å². The summed E-state index contributed by atoms with van der Waals surface area (Å²) >= 11 is 0. The van der Waals surface area contributed by atoms with Crippen LogP contribution in [0.2, 0.25) is 0 Å². The van der Waals surface area contributed by atoms with Gasteiger partial charge in [0.1, 0.15) is 5.58 Å². The van der Waals surface area contributed by atoms with Gasteiger partial charge in [0.05, 0.1) is 10.9 Å². The Balaban J connectivity index is 1.17. The fourth-order valence-electron chi connectivity index (χ4n) is 9.61. The van der Waals surface area contributed by atoms with Gasteiger partial charge in [0.2, 0.25) is 5.71 Å². The van der Waals surface area contributed by atoms with E-state index in [9.17, 15) is 0 Å². The summed E-state index contributed by atoms with van der Waals surface area (Å²) in [4.78, 5) is 0. The van der Waals surface area contributed by atoms with Gasteiger partial charge in [0.15, 0.2) is 7.28 Å². The molecular weight excluding hydrogens is 667 g/mol. The van der Waals surface area contributed by atoms with Crippen LogP contribution in [0, 0.1) is 0 Å². The molecule has 0 atom stereocenters. The summed E-state index contributed by atoms with van der Waals surface area (Å²) in [5, 5.41) is 9.87. The number of hydrogen-bond donors (Lipinski definition) is 1. The quantitative estimate of drug-likeness (QED) is 0.185. The van der Waals surface area contributed by atoms with Crippen molar-refractivity contribution in [3.8, 4) is 39.1 Å². The van der Waals surface area contributed by atoms with Crippen molar-refractivity contribution in [2.24, 2.45) is 0 Å². The number of nitrogens with zero attached hydrogens (tertiary/aromatic N) is 1. The average Bonchev–Trinajstić information content (AvgIpc) is 3.84. The molecule has 0 fully saturated rings. The van der Waals surface area contributed by atoms with Gasteiger partial charge in [-0.25, -0.2) is 0 Å². The zero-order valence-corrected chi connectivity index (χ0v) is 30.5. The van der Waals surface area contributed by atoms with Crippen molar-refractivity contribution < 1.29 is 4.42 Å². The first-order valence-corrected chi connectivity index (χ1v) is 19.1. The number of furan rings is 1. The van der Waals surface area contributed by atoms with Crippen molar-refractivity contribution in [1.82, 2.24) is 4.57 Å². The summed E-state index contributed by atoms with van der Waals surface area (Å²) in [7, 11) is 2.43. The molecule has 55 heavy (non-hydrogen) atoms.